The molecule has 16 heavy (non-hydrogen) atoms. The number of carbonyl (C=O) groups is 1. The molecule has 2 amide bonds. The molecule has 1 fully saturated rings. The largest absolute Gasteiger partial charge is 0.402 e. The summed E-state index contributed by atoms with van der Waals surface area (Å²) >= 11 is 0.394. The molecule has 7 heteroatoms. The van der Waals surface area contributed by atoms with E-state index in [2.05, 4.69) is 0 Å². The second kappa shape index (κ2) is 5.65. The van der Waals surface area contributed by atoms with Crippen LogP contribution in [0.5, 0.6) is 0 Å². The highest BCUT2D eigenvalue weighted by molar-refractivity contribution is 7.98. The smallest absolute Gasteiger partial charge is 0.351 e. The number of nitrogens with two attached hydrogens (primary N) is 1. The Kier molecular flexibility index (Phi) is 4.76. The SMILES string of the molecule is NC(=O)NSC(C1CCCCC1)C(F)(F)F. The maximum absolute atomic E-state index is 12.7. The van der Waals surface area contributed by atoms with Crippen molar-refractivity contribution in [3.05, 3.63) is 0 Å². The van der Waals surface area contributed by atoms with Gasteiger partial charge in [-0.2, -0.15) is 13.2 Å². The molecule has 0 aliphatic heterocycles. The zero-order chi connectivity index (χ0) is 12.2. The van der Waals surface area contributed by atoms with E-state index in [-0.39, 0.29) is 0 Å². The molecule has 1 aliphatic carbocycles. The van der Waals surface area contributed by atoms with Crippen LogP contribution in [0.15, 0.2) is 0 Å². The fourth-order valence-electron chi connectivity index (χ4n) is 1.99. The quantitative estimate of drug-likeness (QED) is 0.763. The molecule has 94 valence electrons. The molecular weight excluding hydrogens is 241 g/mol. The van der Waals surface area contributed by atoms with Gasteiger partial charge in [-0.3, -0.25) is 4.72 Å². The highest BCUT2D eigenvalue weighted by Crippen LogP contribution is 2.40. The first-order valence-electron chi connectivity index (χ1n) is 5.19. The number of nitrogens with one attached hydrogen (secondary N) is 1. The number of primary amides is 1. The molecule has 3 nitrogen and oxygen atoms in total. The van der Waals surface area contributed by atoms with E-state index in [1.54, 1.807) is 0 Å². The number of hydrogen-bond acceptors (Lipinski definition) is 2. The molecule has 0 radical (unpaired) electrons. The van der Waals surface area contributed by atoms with Crippen LogP contribution in [0.1, 0.15) is 32.1 Å². The lowest BCUT2D eigenvalue weighted by Gasteiger charge is -2.30. The van der Waals surface area contributed by atoms with Gasteiger partial charge in [-0.25, -0.2) is 4.79 Å². The molecule has 1 atom stereocenters. The van der Waals surface area contributed by atoms with Crippen molar-refractivity contribution in [3.8, 4) is 0 Å². The van der Waals surface area contributed by atoms with Gasteiger partial charge in [-0.1, -0.05) is 19.3 Å². The molecule has 0 bridgehead atoms. The zero-order valence-corrected chi connectivity index (χ0v) is 9.53. The van der Waals surface area contributed by atoms with Gasteiger partial charge in [0.05, 0.1) is 0 Å². The minimum Gasteiger partial charge on any atom is -0.351 e. The fourth-order valence-corrected chi connectivity index (χ4v) is 2.83. The second-order valence-electron chi connectivity index (χ2n) is 3.94. The van der Waals surface area contributed by atoms with E-state index < -0.39 is 23.4 Å². The lowest BCUT2D eigenvalue weighted by molar-refractivity contribution is -0.140. The Hall–Kier alpha value is -0.590. The van der Waals surface area contributed by atoms with Gasteiger partial charge in [0.1, 0.15) is 5.25 Å². The van der Waals surface area contributed by atoms with Crippen LogP contribution in [0.3, 0.4) is 0 Å². The molecule has 0 heterocycles. The summed E-state index contributed by atoms with van der Waals surface area (Å²) in [5.74, 6) is -0.411. The number of carbonyl (C=O) groups excluding carboxylic acids is 1. The third-order valence-electron chi connectivity index (χ3n) is 2.69. The summed E-state index contributed by atoms with van der Waals surface area (Å²) in [4.78, 5) is 10.4. The number of halogens is 3. The van der Waals surface area contributed by atoms with Gasteiger partial charge in [0.2, 0.25) is 0 Å². The summed E-state index contributed by atoms with van der Waals surface area (Å²) in [6.45, 7) is 0. The van der Waals surface area contributed by atoms with Crippen molar-refractivity contribution in [2.24, 2.45) is 11.7 Å². The van der Waals surface area contributed by atoms with E-state index >= 15 is 0 Å². The van der Waals surface area contributed by atoms with Gasteiger partial charge < -0.3 is 5.73 Å². The summed E-state index contributed by atoms with van der Waals surface area (Å²) < 4.78 is 40.2. The fraction of sp³-hybridized carbons (Fsp3) is 0.889. The number of urea groups is 1. The number of amides is 2. The Bertz CT molecular complexity index is 241. The van der Waals surface area contributed by atoms with Crippen molar-refractivity contribution >= 4 is 18.0 Å². The minimum atomic E-state index is -4.30. The maximum Gasteiger partial charge on any atom is 0.402 e. The molecule has 0 spiro atoms. The lowest BCUT2D eigenvalue weighted by Crippen LogP contribution is -2.38. The third kappa shape index (κ3) is 4.11. The van der Waals surface area contributed by atoms with Crippen molar-refractivity contribution in [1.29, 1.82) is 0 Å². The van der Waals surface area contributed by atoms with E-state index in [0.29, 0.717) is 24.8 Å². The predicted molar refractivity (Wildman–Crippen MR) is 56.7 cm³/mol. The number of rotatable bonds is 3. The predicted octanol–water partition coefficient (Wildman–Crippen LogP) is 2.81. The van der Waals surface area contributed by atoms with E-state index in [9.17, 15) is 18.0 Å². The second-order valence-corrected chi connectivity index (χ2v) is 4.89. The van der Waals surface area contributed by atoms with Gasteiger partial charge in [-0.05, 0) is 30.7 Å². The van der Waals surface area contributed by atoms with Gasteiger partial charge in [0.15, 0.2) is 0 Å². The van der Waals surface area contributed by atoms with Gasteiger partial charge >= 0.3 is 12.2 Å². The first-order valence-corrected chi connectivity index (χ1v) is 6.07. The van der Waals surface area contributed by atoms with Crippen molar-refractivity contribution in [2.75, 3.05) is 0 Å². The summed E-state index contributed by atoms with van der Waals surface area (Å²) in [7, 11) is 0. The molecule has 1 saturated carbocycles. The van der Waals surface area contributed by atoms with E-state index in [1.807, 2.05) is 4.72 Å². The molecule has 0 aromatic rings. The Morgan fingerprint density at radius 1 is 1.31 bits per heavy atom. The van der Waals surface area contributed by atoms with Crippen LogP contribution in [0.4, 0.5) is 18.0 Å². The highest BCUT2D eigenvalue weighted by atomic mass is 32.2. The van der Waals surface area contributed by atoms with Gasteiger partial charge in [-0.15, -0.1) is 0 Å². The number of hydrogen-bond donors (Lipinski definition) is 2. The molecule has 1 rings (SSSR count). The van der Waals surface area contributed by atoms with E-state index in [0.717, 1.165) is 19.3 Å². The van der Waals surface area contributed by atoms with Crippen molar-refractivity contribution in [3.63, 3.8) is 0 Å². The first kappa shape index (κ1) is 13.5. The minimum absolute atomic E-state index is 0.394. The van der Waals surface area contributed by atoms with Crippen LogP contribution >= 0.6 is 11.9 Å². The van der Waals surface area contributed by atoms with Crippen molar-refractivity contribution in [2.45, 2.75) is 43.5 Å². The lowest BCUT2D eigenvalue weighted by atomic mass is 9.86. The third-order valence-corrected chi connectivity index (χ3v) is 3.91. The molecule has 1 unspecified atom stereocenters. The number of alkyl halides is 3. The van der Waals surface area contributed by atoms with E-state index in [4.69, 9.17) is 5.73 Å². The topological polar surface area (TPSA) is 55.1 Å². The summed E-state index contributed by atoms with van der Waals surface area (Å²) in [5, 5.41) is -1.54. The van der Waals surface area contributed by atoms with Crippen LogP contribution < -0.4 is 10.5 Å². The Morgan fingerprint density at radius 2 is 1.88 bits per heavy atom. The van der Waals surface area contributed by atoms with E-state index in [1.165, 1.54) is 0 Å². The molecular formula is C9H15F3N2OS. The summed E-state index contributed by atoms with van der Waals surface area (Å²) in [6.07, 6.45) is -0.512. The average Bonchev–Trinajstić information content (AvgIpc) is 2.17. The Labute approximate surface area is 96.5 Å². The van der Waals surface area contributed by atoms with Crippen molar-refractivity contribution < 1.29 is 18.0 Å². The van der Waals surface area contributed by atoms with Gasteiger partial charge in [0, 0.05) is 0 Å². The molecule has 1 aliphatic rings. The summed E-state index contributed by atoms with van der Waals surface area (Å²) in [5.41, 5.74) is 4.78. The van der Waals surface area contributed by atoms with Crippen LogP contribution in [0.25, 0.3) is 0 Å². The molecule has 0 aromatic carbocycles. The van der Waals surface area contributed by atoms with Gasteiger partial charge in [0.25, 0.3) is 0 Å². The average molecular weight is 256 g/mol. The van der Waals surface area contributed by atoms with Crippen LogP contribution in [-0.2, 0) is 0 Å². The van der Waals surface area contributed by atoms with Crippen LogP contribution in [-0.4, -0.2) is 17.5 Å². The van der Waals surface area contributed by atoms with Crippen LogP contribution in [0.2, 0.25) is 0 Å². The van der Waals surface area contributed by atoms with Crippen LogP contribution in [0, 0.1) is 5.92 Å². The standard InChI is InChI=1S/C9H15F3N2OS/c10-9(11,12)7(16-14-8(13)15)6-4-2-1-3-5-6/h6-7H,1-5H2,(H3,13,14,15). The molecule has 3 N–H and O–H groups in total. The molecule has 0 saturated heterocycles. The Balaban J connectivity index is 2.58. The summed E-state index contributed by atoms with van der Waals surface area (Å²) in [6, 6.07) is -0.935. The normalized spacial score (nSPS) is 20.4. The molecule has 0 aromatic heterocycles. The maximum atomic E-state index is 12.7. The highest BCUT2D eigenvalue weighted by Gasteiger charge is 2.45. The monoisotopic (exact) mass is 256 g/mol. The Morgan fingerprint density at radius 3 is 2.31 bits per heavy atom. The first-order chi connectivity index (χ1) is 7.41. The zero-order valence-electron chi connectivity index (χ0n) is 8.72. The van der Waals surface area contributed by atoms with Crippen molar-refractivity contribution in [1.82, 2.24) is 4.72 Å².